The molecule has 1 aliphatic rings. The van der Waals surface area contributed by atoms with Crippen molar-refractivity contribution in [2.45, 2.75) is 12.8 Å². The maximum Gasteiger partial charge on any atom is 0.152 e. The van der Waals surface area contributed by atoms with Gasteiger partial charge in [-0.25, -0.2) is 4.21 Å². The number of aldehydes is 1. The first-order valence-electron chi connectivity index (χ1n) is 6.05. The molecule has 0 aliphatic carbocycles. The summed E-state index contributed by atoms with van der Waals surface area (Å²) in [6.45, 7) is 2.11. The van der Waals surface area contributed by atoms with E-state index in [1.165, 1.54) is 12.8 Å². The van der Waals surface area contributed by atoms with Gasteiger partial charge in [-0.1, -0.05) is 0 Å². The van der Waals surface area contributed by atoms with Crippen LogP contribution in [0.4, 0.5) is 11.4 Å². The van der Waals surface area contributed by atoms with E-state index in [9.17, 15) is 9.00 Å². The van der Waals surface area contributed by atoms with E-state index >= 15 is 0 Å². The largest absolute Gasteiger partial charge is 0.371 e. The van der Waals surface area contributed by atoms with E-state index in [1.807, 2.05) is 12.1 Å². The van der Waals surface area contributed by atoms with Gasteiger partial charge in [0, 0.05) is 37.6 Å². The summed E-state index contributed by atoms with van der Waals surface area (Å²) in [6, 6.07) is 5.72. The second-order valence-electron chi connectivity index (χ2n) is 4.48. The number of rotatable bonds is 4. The summed E-state index contributed by atoms with van der Waals surface area (Å²) < 4.78 is 13.2. The van der Waals surface area contributed by atoms with Gasteiger partial charge in [-0.05, 0) is 31.0 Å². The molecule has 1 saturated heterocycles. The van der Waals surface area contributed by atoms with Crippen molar-refractivity contribution in [3.8, 4) is 0 Å². The van der Waals surface area contributed by atoms with Crippen LogP contribution in [-0.2, 0) is 11.0 Å². The van der Waals surface area contributed by atoms with Crippen LogP contribution in [-0.4, -0.2) is 36.9 Å². The number of hydrogen-bond acceptors (Lipinski definition) is 3. The number of carbonyl (C=O) groups excluding carboxylic acids is 1. The predicted molar refractivity (Wildman–Crippen MR) is 75.7 cm³/mol. The van der Waals surface area contributed by atoms with Gasteiger partial charge in [0.05, 0.1) is 5.69 Å². The second kappa shape index (κ2) is 5.52. The first-order valence-corrected chi connectivity index (χ1v) is 7.56. The molecule has 1 aliphatic heterocycles. The molecular weight excluding hydrogens is 248 g/mol. The van der Waals surface area contributed by atoms with E-state index < -0.39 is 11.0 Å². The van der Waals surface area contributed by atoms with Gasteiger partial charge in [0.15, 0.2) is 6.29 Å². The Bertz CT molecular complexity index is 470. The zero-order valence-corrected chi connectivity index (χ0v) is 11.6. The van der Waals surface area contributed by atoms with E-state index in [1.54, 1.807) is 23.7 Å². The molecule has 1 fully saturated rings. The molecule has 2 rings (SSSR count). The topological polar surface area (TPSA) is 40.6 Å². The van der Waals surface area contributed by atoms with E-state index in [0.717, 1.165) is 30.8 Å². The Morgan fingerprint density at radius 3 is 2.56 bits per heavy atom. The zero-order valence-electron chi connectivity index (χ0n) is 10.8. The lowest BCUT2D eigenvalue weighted by atomic mass is 10.1. The minimum Gasteiger partial charge on any atom is -0.371 e. The summed E-state index contributed by atoms with van der Waals surface area (Å²) in [5.74, 6) is 0. The number of anilines is 2. The highest BCUT2D eigenvalue weighted by atomic mass is 32.2. The van der Waals surface area contributed by atoms with Gasteiger partial charge in [-0.2, -0.15) is 0 Å². The molecule has 0 amide bonds. The molecule has 5 heteroatoms. The lowest BCUT2D eigenvalue weighted by molar-refractivity contribution is 0.112. The van der Waals surface area contributed by atoms with Gasteiger partial charge in [0.1, 0.15) is 11.0 Å². The Balaban J connectivity index is 2.38. The molecule has 0 spiro atoms. The molecule has 0 aromatic heterocycles. The second-order valence-corrected chi connectivity index (χ2v) is 5.87. The molecule has 1 heterocycles. The lowest BCUT2D eigenvalue weighted by Gasteiger charge is -2.22. The summed E-state index contributed by atoms with van der Waals surface area (Å²) in [5.41, 5.74) is 2.41. The average molecular weight is 266 g/mol. The van der Waals surface area contributed by atoms with Gasteiger partial charge < -0.3 is 4.90 Å². The van der Waals surface area contributed by atoms with Gasteiger partial charge >= 0.3 is 0 Å². The highest BCUT2D eigenvalue weighted by Gasteiger charge is 2.16. The monoisotopic (exact) mass is 266 g/mol. The molecule has 0 saturated carbocycles. The molecule has 1 aromatic carbocycles. The van der Waals surface area contributed by atoms with Crippen molar-refractivity contribution < 1.29 is 9.00 Å². The Hall–Kier alpha value is -1.36. The minimum atomic E-state index is -1.13. The smallest absolute Gasteiger partial charge is 0.152 e. The Kier molecular flexibility index (Phi) is 4.01. The first-order chi connectivity index (χ1) is 8.63. The quantitative estimate of drug-likeness (QED) is 0.781. The third-order valence-electron chi connectivity index (χ3n) is 3.34. The van der Waals surface area contributed by atoms with Crippen LogP contribution in [0.15, 0.2) is 18.2 Å². The van der Waals surface area contributed by atoms with Crippen molar-refractivity contribution in [1.82, 2.24) is 0 Å². The Labute approximate surface area is 110 Å². The summed E-state index contributed by atoms with van der Waals surface area (Å²) in [4.78, 5) is 13.3. The Morgan fingerprint density at radius 1 is 1.33 bits per heavy atom. The normalized spacial score (nSPS) is 16.7. The van der Waals surface area contributed by atoms with Crippen LogP contribution < -0.4 is 9.21 Å². The molecule has 0 radical (unpaired) electrons. The number of nitrogens with zero attached hydrogens (tertiary/aromatic N) is 2. The maximum atomic E-state index is 11.6. The van der Waals surface area contributed by atoms with Crippen LogP contribution >= 0.6 is 0 Å². The molecule has 1 unspecified atom stereocenters. The first kappa shape index (κ1) is 13.1. The van der Waals surface area contributed by atoms with Crippen LogP contribution in [0.1, 0.15) is 23.2 Å². The number of benzene rings is 1. The highest BCUT2D eigenvalue weighted by molar-refractivity contribution is 7.85. The fraction of sp³-hybridized carbons (Fsp3) is 0.462. The van der Waals surface area contributed by atoms with Gasteiger partial charge in [-0.15, -0.1) is 0 Å². The fourth-order valence-electron chi connectivity index (χ4n) is 2.21. The minimum absolute atomic E-state index is 0.579. The summed E-state index contributed by atoms with van der Waals surface area (Å²) in [6.07, 6.45) is 4.84. The molecule has 18 heavy (non-hydrogen) atoms. The average Bonchev–Trinajstić information content (AvgIpc) is 2.90. The molecule has 4 nitrogen and oxygen atoms in total. The van der Waals surface area contributed by atoms with Crippen LogP contribution in [0.25, 0.3) is 0 Å². The van der Waals surface area contributed by atoms with Crippen molar-refractivity contribution >= 4 is 28.6 Å². The third kappa shape index (κ3) is 2.56. The zero-order chi connectivity index (χ0) is 13.1. The SMILES string of the molecule is CN(c1cc(N2CCCC2)ccc1C=O)S(C)=O. The molecule has 98 valence electrons. The predicted octanol–water partition coefficient (Wildman–Crippen LogP) is 1.83. The summed E-state index contributed by atoms with van der Waals surface area (Å²) in [7, 11) is 0.615. The lowest BCUT2D eigenvalue weighted by Crippen LogP contribution is -2.22. The summed E-state index contributed by atoms with van der Waals surface area (Å²) >= 11 is 0. The Morgan fingerprint density at radius 2 is 2.00 bits per heavy atom. The molecular formula is C13H18N2O2S. The third-order valence-corrected chi connectivity index (χ3v) is 4.31. The van der Waals surface area contributed by atoms with Crippen molar-refractivity contribution in [2.75, 3.05) is 35.6 Å². The standard InChI is InChI=1S/C13H18N2O2S/c1-14(18(2)17)13-9-12(6-5-11(13)10-16)15-7-3-4-8-15/h5-6,9-10H,3-4,7-8H2,1-2H3. The van der Waals surface area contributed by atoms with Crippen LogP contribution in [0.2, 0.25) is 0 Å². The fourth-order valence-corrected chi connectivity index (χ4v) is 2.65. The van der Waals surface area contributed by atoms with Crippen molar-refractivity contribution in [3.05, 3.63) is 23.8 Å². The summed E-state index contributed by atoms with van der Waals surface area (Å²) in [5, 5.41) is 0. The molecule has 0 bridgehead atoms. The highest BCUT2D eigenvalue weighted by Crippen LogP contribution is 2.28. The maximum absolute atomic E-state index is 11.6. The number of hydrogen-bond donors (Lipinski definition) is 0. The van der Waals surface area contributed by atoms with E-state index in [-0.39, 0.29) is 0 Å². The van der Waals surface area contributed by atoms with Crippen molar-refractivity contribution in [2.24, 2.45) is 0 Å². The van der Waals surface area contributed by atoms with Gasteiger partial charge in [0.25, 0.3) is 0 Å². The molecule has 1 atom stereocenters. The van der Waals surface area contributed by atoms with Crippen molar-refractivity contribution in [3.63, 3.8) is 0 Å². The van der Waals surface area contributed by atoms with Gasteiger partial charge in [-0.3, -0.25) is 9.10 Å². The van der Waals surface area contributed by atoms with Crippen molar-refractivity contribution in [1.29, 1.82) is 0 Å². The van der Waals surface area contributed by atoms with Gasteiger partial charge in [0.2, 0.25) is 0 Å². The van der Waals surface area contributed by atoms with Crippen LogP contribution in [0, 0.1) is 0 Å². The van der Waals surface area contributed by atoms with Crippen LogP contribution in [0.3, 0.4) is 0 Å². The van der Waals surface area contributed by atoms with E-state index in [4.69, 9.17) is 0 Å². The van der Waals surface area contributed by atoms with E-state index in [2.05, 4.69) is 4.90 Å². The molecule has 1 aromatic rings. The molecule has 0 N–H and O–H groups in total. The van der Waals surface area contributed by atoms with Crippen LogP contribution in [0.5, 0.6) is 0 Å². The van der Waals surface area contributed by atoms with E-state index in [0.29, 0.717) is 5.56 Å². The number of carbonyl (C=O) groups is 1.